The lowest BCUT2D eigenvalue weighted by atomic mass is 10.3. The second-order valence-corrected chi connectivity index (χ2v) is 7.41. The fraction of sp³-hybridized carbons (Fsp3) is 0.267. The van der Waals surface area contributed by atoms with E-state index in [4.69, 9.17) is 11.6 Å². The normalized spacial score (nSPS) is 11.0. The Morgan fingerprint density at radius 3 is 2.91 bits per heavy atom. The standard InChI is InChI=1S/C15H14ClN3OS2/c1-3-4-12-17-8(2)13(22-12)14(20)19-15-18-10-7-9(16)5-6-11(10)21-15/h5-7H,3-4H2,1-2H3,(H,18,19,20). The van der Waals surface area contributed by atoms with E-state index in [1.165, 1.54) is 22.7 Å². The quantitative estimate of drug-likeness (QED) is 0.725. The fourth-order valence-electron chi connectivity index (χ4n) is 2.09. The average Bonchev–Trinajstić information content (AvgIpc) is 3.01. The predicted molar refractivity (Wildman–Crippen MR) is 93.4 cm³/mol. The van der Waals surface area contributed by atoms with E-state index in [1.54, 1.807) is 6.07 Å². The van der Waals surface area contributed by atoms with Crippen LogP contribution >= 0.6 is 34.3 Å². The van der Waals surface area contributed by atoms with Crippen LogP contribution in [0.2, 0.25) is 5.02 Å². The second-order valence-electron chi connectivity index (χ2n) is 4.86. The third kappa shape index (κ3) is 3.14. The van der Waals surface area contributed by atoms with Crippen LogP contribution in [0.25, 0.3) is 10.2 Å². The van der Waals surface area contributed by atoms with Gasteiger partial charge in [0.05, 0.1) is 20.9 Å². The number of benzene rings is 1. The van der Waals surface area contributed by atoms with Gasteiger partial charge in [-0.15, -0.1) is 11.3 Å². The van der Waals surface area contributed by atoms with Crippen molar-refractivity contribution >= 4 is 55.5 Å². The molecule has 0 bridgehead atoms. The molecule has 0 fully saturated rings. The lowest BCUT2D eigenvalue weighted by molar-refractivity contribution is 0.103. The summed E-state index contributed by atoms with van der Waals surface area (Å²) in [4.78, 5) is 21.9. The summed E-state index contributed by atoms with van der Waals surface area (Å²) in [7, 11) is 0. The van der Waals surface area contributed by atoms with Crippen LogP contribution < -0.4 is 5.32 Å². The van der Waals surface area contributed by atoms with E-state index in [1.807, 2.05) is 19.1 Å². The molecule has 3 rings (SSSR count). The lowest BCUT2D eigenvalue weighted by Gasteiger charge is -1.98. The molecule has 0 radical (unpaired) electrons. The first-order valence-electron chi connectivity index (χ1n) is 6.90. The zero-order valence-corrected chi connectivity index (χ0v) is 14.5. The van der Waals surface area contributed by atoms with Gasteiger partial charge in [-0.3, -0.25) is 10.1 Å². The number of thiazole rings is 2. The van der Waals surface area contributed by atoms with Gasteiger partial charge < -0.3 is 0 Å². The Balaban J connectivity index is 1.83. The van der Waals surface area contributed by atoms with Gasteiger partial charge in [0.1, 0.15) is 4.88 Å². The highest BCUT2D eigenvalue weighted by Gasteiger charge is 2.16. The molecule has 1 amide bonds. The van der Waals surface area contributed by atoms with E-state index in [9.17, 15) is 4.79 Å². The minimum atomic E-state index is -0.150. The fourth-order valence-corrected chi connectivity index (χ4v) is 4.16. The van der Waals surface area contributed by atoms with Crippen molar-refractivity contribution in [1.29, 1.82) is 0 Å². The van der Waals surface area contributed by atoms with Crippen LogP contribution in [0.3, 0.4) is 0 Å². The Bertz CT molecular complexity index is 841. The molecule has 0 aliphatic rings. The topological polar surface area (TPSA) is 54.9 Å². The van der Waals surface area contributed by atoms with E-state index in [0.717, 1.165) is 33.8 Å². The maximum absolute atomic E-state index is 12.4. The Morgan fingerprint density at radius 1 is 1.32 bits per heavy atom. The van der Waals surface area contributed by atoms with E-state index in [-0.39, 0.29) is 5.91 Å². The van der Waals surface area contributed by atoms with E-state index in [0.29, 0.717) is 15.0 Å². The van der Waals surface area contributed by atoms with Gasteiger partial charge in [-0.25, -0.2) is 9.97 Å². The highest BCUT2D eigenvalue weighted by atomic mass is 35.5. The van der Waals surface area contributed by atoms with Crippen molar-refractivity contribution < 1.29 is 4.79 Å². The molecule has 0 aliphatic heterocycles. The number of hydrogen-bond acceptors (Lipinski definition) is 5. The number of anilines is 1. The van der Waals surface area contributed by atoms with Gasteiger partial charge in [-0.1, -0.05) is 29.9 Å². The van der Waals surface area contributed by atoms with Crippen molar-refractivity contribution in [3.05, 3.63) is 38.8 Å². The van der Waals surface area contributed by atoms with Gasteiger partial charge in [-0.05, 0) is 38.0 Å². The molecule has 114 valence electrons. The second kappa shape index (κ2) is 6.32. The van der Waals surface area contributed by atoms with Crippen molar-refractivity contribution in [1.82, 2.24) is 9.97 Å². The van der Waals surface area contributed by atoms with Crippen LogP contribution in [0.15, 0.2) is 18.2 Å². The van der Waals surface area contributed by atoms with Crippen LogP contribution in [0.5, 0.6) is 0 Å². The first-order chi connectivity index (χ1) is 10.6. The van der Waals surface area contributed by atoms with Crippen LogP contribution in [-0.2, 0) is 6.42 Å². The molecule has 0 unspecified atom stereocenters. The summed E-state index contributed by atoms with van der Waals surface area (Å²) in [5.74, 6) is -0.150. The number of fused-ring (bicyclic) bond motifs is 1. The first kappa shape index (κ1) is 15.4. The maximum Gasteiger partial charge on any atom is 0.269 e. The minimum absolute atomic E-state index is 0.150. The zero-order chi connectivity index (χ0) is 15.7. The molecule has 22 heavy (non-hydrogen) atoms. The van der Waals surface area contributed by atoms with Gasteiger partial charge >= 0.3 is 0 Å². The Morgan fingerprint density at radius 2 is 2.14 bits per heavy atom. The lowest BCUT2D eigenvalue weighted by Crippen LogP contribution is -2.11. The molecule has 0 atom stereocenters. The predicted octanol–water partition coefficient (Wildman–Crippen LogP) is 4.92. The smallest absolute Gasteiger partial charge is 0.269 e. The Labute approximate surface area is 141 Å². The maximum atomic E-state index is 12.4. The van der Waals surface area contributed by atoms with Crippen LogP contribution in [0, 0.1) is 6.92 Å². The highest BCUT2D eigenvalue weighted by molar-refractivity contribution is 7.22. The summed E-state index contributed by atoms with van der Waals surface area (Å²) >= 11 is 8.84. The molecule has 0 saturated heterocycles. The van der Waals surface area contributed by atoms with Gasteiger partial charge in [0, 0.05) is 5.02 Å². The number of amides is 1. The number of nitrogens with zero attached hydrogens (tertiary/aromatic N) is 2. The monoisotopic (exact) mass is 351 g/mol. The average molecular weight is 352 g/mol. The van der Waals surface area contributed by atoms with E-state index >= 15 is 0 Å². The van der Waals surface area contributed by atoms with Gasteiger partial charge in [-0.2, -0.15) is 0 Å². The van der Waals surface area contributed by atoms with Crippen molar-refractivity contribution in [2.45, 2.75) is 26.7 Å². The summed E-state index contributed by atoms with van der Waals surface area (Å²) in [5.41, 5.74) is 1.57. The minimum Gasteiger partial charge on any atom is -0.297 e. The molecular formula is C15H14ClN3OS2. The van der Waals surface area contributed by atoms with Crippen molar-refractivity contribution in [3.8, 4) is 0 Å². The number of carbonyl (C=O) groups excluding carboxylic acids is 1. The SMILES string of the molecule is CCCc1nc(C)c(C(=O)Nc2nc3cc(Cl)ccc3s2)s1. The molecule has 0 aliphatic carbocycles. The zero-order valence-electron chi connectivity index (χ0n) is 12.1. The molecule has 2 heterocycles. The van der Waals surface area contributed by atoms with Gasteiger partial charge in [0.25, 0.3) is 5.91 Å². The Kier molecular flexibility index (Phi) is 4.42. The number of carbonyl (C=O) groups is 1. The summed E-state index contributed by atoms with van der Waals surface area (Å²) in [6.07, 6.45) is 1.92. The third-order valence-corrected chi connectivity index (χ3v) is 5.48. The number of aromatic nitrogens is 2. The Hall–Kier alpha value is -1.50. The molecule has 1 aromatic carbocycles. The molecule has 0 spiro atoms. The number of rotatable bonds is 4. The summed E-state index contributed by atoms with van der Waals surface area (Å²) in [6.45, 7) is 3.96. The number of halogens is 1. The first-order valence-corrected chi connectivity index (χ1v) is 8.91. The summed E-state index contributed by atoms with van der Waals surface area (Å²) in [6, 6.07) is 5.51. The van der Waals surface area contributed by atoms with Crippen LogP contribution in [0.1, 0.15) is 33.7 Å². The molecule has 3 aromatic rings. The van der Waals surface area contributed by atoms with Crippen LogP contribution in [-0.4, -0.2) is 15.9 Å². The van der Waals surface area contributed by atoms with Crippen molar-refractivity contribution in [3.63, 3.8) is 0 Å². The van der Waals surface area contributed by atoms with Crippen molar-refractivity contribution in [2.24, 2.45) is 0 Å². The van der Waals surface area contributed by atoms with E-state index < -0.39 is 0 Å². The molecule has 7 heteroatoms. The van der Waals surface area contributed by atoms with E-state index in [2.05, 4.69) is 22.2 Å². The highest BCUT2D eigenvalue weighted by Crippen LogP contribution is 2.29. The van der Waals surface area contributed by atoms with Gasteiger partial charge in [0.2, 0.25) is 0 Å². The summed E-state index contributed by atoms with van der Waals surface area (Å²) in [5, 5.41) is 5.07. The third-order valence-electron chi connectivity index (χ3n) is 3.08. The molecule has 1 N–H and O–H groups in total. The van der Waals surface area contributed by atoms with Crippen LogP contribution in [0.4, 0.5) is 5.13 Å². The number of aryl methyl sites for hydroxylation is 2. The molecule has 4 nitrogen and oxygen atoms in total. The summed E-state index contributed by atoms with van der Waals surface area (Å²) < 4.78 is 0.993. The van der Waals surface area contributed by atoms with Crippen molar-refractivity contribution in [2.75, 3.05) is 5.32 Å². The molecule has 2 aromatic heterocycles. The number of nitrogens with one attached hydrogen (secondary N) is 1. The molecular weight excluding hydrogens is 338 g/mol. The largest absolute Gasteiger partial charge is 0.297 e. The van der Waals surface area contributed by atoms with Gasteiger partial charge in [0.15, 0.2) is 5.13 Å². The number of hydrogen-bond donors (Lipinski definition) is 1. The molecule has 0 saturated carbocycles.